The lowest BCUT2D eigenvalue weighted by Gasteiger charge is -2.15. The number of hydrogen-bond acceptors (Lipinski definition) is 4. The molecule has 0 saturated carbocycles. The third-order valence-corrected chi connectivity index (χ3v) is 2.72. The molecule has 0 aliphatic rings. The van der Waals surface area contributed by atoms with Crippen molar-refractivity contribution in [2.75, 3.05) is 0 Å². The van der Waals surface area contributed by atoms with Crippen LogP contribution in [0.1, 0.15) is 37.8 Å². The zero-order valence-corrected chi connectivity index (χ0v) is 11.2. The Labute approximate surface area is 111 Å². The van der Waals surface area contributed by atoms with Gasteiger partial charge in [-0.05, 0) is 6.42 Å². The van der Waals surface area contributed by atoms with Gasteiger partial charge < -0.3 is 16.2 Å². The van der Waals surface area contributed by atoms with Gasteiger partial charge in [0.1, 0.15) is 0 Å². The van der Waals surface area contributed by atoms with Gasteiger partial charge in [-0.3, -0.25) is 9.48 Å². The monoisotopic (exact) mass is 268 g/mol. The van der Waals surface area contributed by atoms with Crippen molar-refractivity contribution < 1.29 is 14.7 Å². The number of carbonyl (C=O) groups excluding carboxylic acids is 1. The molecule has 0 aliphatic heterocycles. The number of nitrogens with two attached hydrogens (primary N) is 1. The first kappa shape index (κ1) is 15.2. The van der Waals surface area contributed by atoms with Crippen LogP contribution in [0.2, 0.25) is 0 Å². The highest BCUT2D eigenvalue weighted by Gasteiger charge is 2.23. The molecule has 1 aromatic rings. The van der Waals surface area contributed by atoms with E-state index in [9.17, 15) is 9.59 Å². The molecule has 0 fully saturated rings. The average Bonchev–Trinajstić information content (AvgIpc) is 2.72. The molecular weight excluding hydrogens is 248 g/mol. The number of amides is 1. The summed E-state index contributed by atoms with van der Waals surface area (Å²) in [5.74, 6) is -1.48. The van der Waals surface area contributed by atoms with E-state index in [0.29, 0.717) is 5.56 Å². The summed E-state index contributed by atoms with van der Waals surface area (Å²) in [6.45, 7) is 1.98. The van der Waals surface area contributed by atoms with Crippen molar-refractivity contribution in [2.45, 2.75) is 38.3 Å². The molecule has 0 saturated heterocycles. The van der Waals surface area contributed by atoms with E-state index < -0.39 is 12.0 Å². The van der Waals surface area contributed by atoms with Crippen molar-refractivity contribution in [3.63, 3.8) is 0 Å². The Hall–Kier alpha value is -1.89. The van der Waals surface area contributed by atoms with Crippen molar-refractivity contribution in [3.05, 3.63) is 18.0 Å². The summed E-state index contributed by atoms with van der Waals surface area (Å²) in [5.41, 5.74) is 6.19. The first-order valence-corrected chi connectivity index (χ1v) is 6.20. The highest BCUT2D eigenvalue weighted by molar-refractivity contribution is 5.84. The molecule has 1 heterocycles. The van der Waals surface area contributed by atoms with Gasteiger partial charge in [0.15, 0.2) is 6.04 Å². The highest BCUT2D eigenvalue weighted by Crippen LogP contribution is 2.12. The van der Waals surface area contributed by atoms with Gasteiger partial charge in [0, 0.05) is 31.3 Å². The van der Waals surface area contributed by atoms with Crippen LogP contribution in [-0.4, -0.2) is 32.8 Å². The maximum absolute atomic E-state index is 11.7. The first-order chi connectivity index (χ1) is 8.93. The van der Waals surface area contributed by atoms with Crippen LogP contribution in [0.3, 0.4) is 0 Å². The second-order valence-corrected chi connectivity index (χ2v) is 4.54. The normalized spacial score (nSPS) is 13.8. The van der Waals surface area contributed by atoms with Gasteiger partial charge in [-0.2, -0.15) is 5.10 Å². The van der Waals surface area contributed by atoms with Crippen molar-refractivity contribution in [1.82, 2.24) is 15.1 Å². The third-order valence-electron chi connectivity index (χ3n) is 2.72. The number of aliphatic carboxylic acids is 1. The van der Waals surface area contributed by atoms with Gasteiger partial charge in [-0.15, -0.1) is 0 Å². The average molecular weight is 268 g/mol. The Kier molecular flexibility index (Phi) is 5.50. The Morgan fingerprint density at radius 3 is 2.74 bits per heavy atom. The first-order valence-electron chi connectivity index (χ1n) is 6.20. The summed E-state index contributed by atoms with van der Waals surface area (Å²) < 4.78 is 1.49. The van der Waals surface area contributed by atoms with Crippen molar-refractivity contribution >= 4 is 11.9 Å². The van der Waals surface area contributed by atoms with E-state index in [0.717, 1.165) is 12.8 Å². The molecule has 0 aromatic carbocycles. The van der Waals surface area contributed by atoms with Crippen LogP contribution in [0, 0.1) is 0 Å². The number of aryl methyl sites for hydroxylation is 1. The van der Waals surface area contributed by atoms with Crippen LogP contribution in [-0.2, 0) is 16.6 Å². The largest absolute Gasteiger partial charge is 0.479 e. The van der Waals surface area contributed by atoms with Gasteiger partial charge >= 0.3 is 5.97 Å². The van der Waals surface area contributed by atoms with Crippen LogP contribution in [0.5, 0.6) is 0 Å². The van der Waals surface area contributed by atoms with Gasteiger partial charge in [0.05, 0.1) is 6.20 Å². The summed E-state index contributed by atoms with van der Waals surface area (Å²) >= 11 is 0. The standard InChI is InChI=1S/C12H20N4O3/c1-3-4-9(13)5-10(17)15-11(12(18)19)8-6-14-16(2)7-8/h6-7,9,11H,3-5,13H2,1-2H3,(H,15,17)(H,18,19). The van der Waals surface area contributed by atoms with E-state index in [-0.39, 0.29) is 18.4 Å². The van der Waals surface area contributed by atoms with Crippen LogP contribution in [0.15, 0.2) is 12.4 Å². The van der Waals surface area contributed by atoms with E-state index in [4.69, 9.17) is 10.8 Å². The number of nitrogens with one attached hydrogen (secondary N) is 1. The minimum absolute atomic E-state index is 0.123. The minimum Gasteiger partial charge on any atom is -0.479 e. The van der Waals surface area contributed by atoms with Crippen molar-refractivity contribution in [2.24, 2.45) is 12.8 Å². The van der Waals surface area contributed by atoms with Gasteiger partial charge in [-0.1, -0.05) is 13.3 Å². The van der Waals surface area contributed by atoms with E-state index >= 15 is 0 Å². The number of nitrogens with zero attached hydrogens (tertiary/aromatic N) is 2. The number of rotatable bonds is 7. The summed E-state index contributed by atoms with van der Waals surface area (Å²) in [4.78, 5) is 22.9. The molecule has 7 nitrogen and oxygen atoms in total. The molecule has 0 spiro atoms. The van der Waals surface area contributed by atoms with Gasteiger partial charge in [0.2, 0.25) is 5.91 Å². The number of carbonyl (C=O) groups is 2. The third kappa shape index (κ3) is 4.70. The molecule has 1 amide bonds. The molecule has 19 heavy (non-hydrogen) atoms. The number of carboxylic acid groups (broad SMARTS) is 1. The van der Waals surface area contributed by atoms with Crippen LogP contribution in [0.4, 0.5) is 0 Å². The fourth-order valence-corrected chi connectivity index (χ4v) is 1.81. The van der Waals surface area contributed by atoms with Crippen LogP contribution >= 0.6 is 0 Å². The lowest BCUT2D eigenvalue weighted by atomic mass is 10.1. The number of hydrogen-bond donors (Lipinski definition) is 3. The Balaban J connectivity index is 2.64. The molecule has 2 unspecified atom stereocenters. The molecule has 0 radical (unpaired) electrons. The smallest absolute Gasteiger partial charge is 0.331 e. The predicted molar refractivity (Wildman–Crippen MR) is 69.2 cm³/mol. The van der Waals surface area contributed by atoms with Gasteiger partial charge in [0.25, 0.3) is 0 Å². The quantitative estimate of drug-likeness (QED) is 0.653. The Bertz CT molecular complexity index is 444. The van der Waals surface area contributed by atoms with E-state index in [1.165, 1.54) is 10.9 Å². The molecule has 4 N–H and O–H groups in total. The number of aromatic nitrogens is 2. The maximum Gasteiger partial charge on any atom is 0.331 e. The van der Waals surface area contributed by atoms with E-state index in [1.54, 1.807) is 13.2 Å². The highest BCUT2D eigenvalue weighted by atomic mass is 16.4. The minimum atomic E-state index is -1.12. The van der Waals surface area contributed by atoms with E-state index in [1.807, 2.05) is 6.92 Å². The van der Waals surface area contributed by atoms with Crippen LogP contribution < -0.4 is 11.1 Å². The summed E-state index contributed by atoms with van der Waals surface area (Å²) in [6.07, 6.45) is 4.73. The molecule has 0 bridgehead atoms. The zero-order chi connectivity index (χ0) is 14.4. The van der Waals surface area contributed by atoms with Gasteiger partial charge in [-0.25, -0.2) is 4.79 Å². The SMILES string of the molecule is CCCC(N)CC(=O)NC(C(=O)O)c1cnn(C)c1. The topological polar surface area (TPSA) is 110 Å². The maximum atomic E-state index is 11.7. The fraction of sp³-hybridized carbons (Fsp3) is 0.583. The lowest BCUT2D eigenvalue weighted by molar-refractivity contribution is -0.142. The van der Waals surface area contributed by atoms with Crippen molar-refractivity contribution in [3.8, 4) is 0 Å². The molecule has 106 valence electrons. The predicted octanol–water partition coefficient (Wildman–Crippen LogP) is 0.180. The number of carboxylic acids is 1. The molecule has 1 aromatic heterocycles. The van der Waals surface area contributed by atoms with Crippen molar-refractivity contribution in [1.29, 1.82) is 0 Å². The zero-order valence-electron chi connectivity index (χ0n) is 11.2. The molecule has 1 rings (SSSR count). The molecule has 7 heteroatoms. The van der Waals surface area contributed by atoms with Crippen LogP contribution in [0.25, 0.3) is 0 Å². The van der Waals surface area contributed by atoms with E-state index in [2.05, 4.69) is 10.4 Å². The molecule has 0 aliphatic carbocycles. The summed E-state index contributed by atoms with van der Waals surface area (Å²) in [7, 11) is 1.68. The Morgan fingerprint density at radius 1 is 1.58 bits per heavy atom. The molecule has 2 atom stereocenters. The Morgan fingerprint density at radius 2 is 2.26 bits per heavy atom. The fourth-order valence-electron chi connectivity index (χ4n) is 1.81. The lowest BCUT2D eigenvalue weighted by Crippen LogP contribution is -2.37. The molecular formula is C12H20N4O3. The summed E-state index contributed by atoms with van der Waals surface area (Å²) in [5, 5.41) is 15.5. The second kappa shape index (κ2) is 6.89. The summed E-state index contributed by atoms with van der Waals surface area (Å²) in [6, 6.07) is -1.33. The second-order valence-electron chi connectivity index (χ2n) is 4.54.